The minimum Gasteiger partial charge on any atom is -0.274 e. The van der Waals surface area contributed by atoms with Crippen LogP contribution in [-0.2, 0) is 9.59 Å². The number of carbonyl (C=O) groups is 3. The van der Waals surface area contributed by atoms with Crippen LogP contribution >= 0.6 is 0 Å². The molecule has 1 fully saturated rings. The van der Waals surface area contributed by atoms with E-state index in [0.29, 0.717) is 4.90 Å². The summed E-state index contributed by atoms with van der Waals surface area (Å²) in [6, 6.07) is -0.892. The maximum absolute atomic E-state index is 13.6. The average molecular weight is 188 g/mol. The Morgan fingerprint density at radius 3 is 2.46 bits per heavy atom. The molecular formula is C7H9FN2O3. The van der Waals surface area contributed by atoms with Crippen molar-refractivity contribution in [2.75, 3.05) is 7.05 Å². The molecule has 1 atom stereocenters. The zero-order valence-electron chi connectivity index (χ0n) is 7.26. The van der Waals surface area contributed by atoms with Crippen LogP contribution < -0.4 is 5.32 Å². The molecule has 0 aliphatic carbocycles. The Labute approximate surface area is 73.9 Å². The van der Waals surface area contributed by atoms with Gasteiger partial charge in [-0.3, -0.25) is 19.8 Å². The molecular weight excluding hydrogens is 179 g/mol. The summed E-state index contributed by atoms with van der Waals surface area (Å²) in [4.78, 5) is 33.5. The van der Waals surface area contributed by atoms with E-state index in [1.165, 1.54) is 6.92 Å². The van der Waals surface area contributed by atoms with Crippen LogP contribution in [0.2, 0.25) is 0 Å². The number of rotatable bonds is 1. The van der Waals surface area contributed by atoms with Crippen molar-refractivity contribution in [2.45, 2.75) is 19.0 Å². The standard InChI is InChI=1S/C7H9FN2O3/c1-3-7(8)4(11)9-6(13)10(2)5(7)12/h3H2,1-2H3,(H,9,11,13). The third kappa shape index (κ3) is 1.18. The summed E-state index contributed by atoms with van der Waals surface area (Å²) in [5.41, 5.74) is -2.59. The summed E-state index contributed by atoms with van der Waals surface area (Å²) in [6.45, 7) is 1.36. The average Bonchev–Trinajstić information content (AvgIpc) is 2.11. The summed E-state index contributed by atoms with van der Waals surface area (Å²) in [7, 11) is 1.12. The first-order valence-corrected chi connectivity index (χ1v) is 3.76. The molecule has 4 amide bonds. The van der Waals surface area contributed by atoms with Crippen LogP contribution in [-0.4, -0.2) is 35.5 Å². The van der Waals surface area contributed by atoms with E-state index in [-0.39, 0.29) is 6.42 Å². The van der Waals surface area contributed by atoms with Crippen LogP contribution in [0.15, 0.2) is 0 Å². The van der Waals surface area contributed by atoms with E-state index in [2.05, 4.69) is 0 Å². The lowest BCUT2D eigenvalue weighted by atomic mass is 9.98. The highest BCUT2D eigenvalue weighted by Crippen LogP contribution is 2.22. The van der Waals surface area contributed by atoms with E-state index in [1.807, 2.05) is 0 Å². The molecule has 72 valence electrons. The molecule has 0 aromatic carbocycles. The Balaban J connectivity index is 3.06. The van der Waals surface area contributed by atoms with Gasteiger partial charge in [0.25, 0.3) is 17.5 Å². The fourth-order valence-electron chi connectivity index (χ4n) is 1.05. The Kier molecular flexibility index (Phi) is 2.07. The highest BCUT2D eigenvalue weighted by molar-refractivity contribution is 6.21. The van der Waals surface area contributed by atoms with Gasteiger partial charge in [0, 0.05) is 7.05 Å². The minimum absolute atomic E-state index is 0.282. The first-order valence-electron chi connectivity index (χ1n) is 3.76. The SMILES string of the molecule is CCC1(F)C(=O)NC(=O)N(C)C1=O. The van der Waals surface area contributed by atoms with E-state index in [9.17, 15) is 18.8 Å². The summed E-state index contributed by atoms with van der Waals surface area (Å²) < 4.78 is 13.6. The monoisotopic (exact) mass is 188 g/mol. The van der Waals surface area contributed by atoms with Gasteiger partial charge in [0.15, 0.2) is 0 Å². The number of urea groups is 1. The number of hydrogen-bond acceptors (Lipinski definition) is 3. The normalized spacial score (nSPS) is 29.2. The van der Waals surface area contributed by atoms with Gasteiger partial charge in [-0.1, -0.05) is 6.92 Å². The third-order valence-electron chi connectivity index (χ3n) is 2.02. The smallest absolute Gasteiger partial charge is 0.274 e. The van der Waals surface area contributed by atoms with Gasteiger partial charge < -0.3 is 0 Å². The Hall–Kier alpha value is -1.46. The van der Waals surface area contributed by atoms with Crippen LogP contribution in [0.1, 0.15) is 13.3 Å². The van der Waals surface area contributed by atoms with Gasteiger partial charge in [-0.05, 0) is 6.42 Å². The molecule has 1 aliphatic heterocycles. The van der Waals surface area contributed by atoms with Crippen LogP contribution in [0, 0.1) is 0 Å². The molecule has 0 radical (unpaired) electrons. The molecule has 0 bridgehead atoms. The second-order valence-electron chi connectivity index (χ2n) is 2.78. The molecule has 1 rings (SSSR count). The van der Waals surface area contributed by atoms with Crippen molar-refractivity contribution in [2.24, 2.45) is 0 Å². The number of alkyl halides is 1. The number of barbiturate groups is 1. The highest BCUT2D eigenvalue weighted by atomic mass is 19.1. The van der Waals surface area contributed by atoms with Crippen molar-refractivity contribution in [3.05, 3.63) is 0 Å². The Bertz CT molecular complexity index is 291. The number of nitrogens with zero attached hydrogens (tertiary/aromatic N) is 1. The summed E-state index contributed by atoms with van der Waals surface area (Å²) >= 11 is 0. The van der Waals surface area contributed by atoms with Crippen molar-refractivity contribution in [1.82, 2.24) is 10.2 Å². The molecule has 1 aliphatic rings. The van der Waals surface area contributed by atoms with E-state index < -0.39 is 23.5 Å². The van der Waals surface area contributed by atoms with Gasteiger partial charge in [-0.2, -0.15) is 0 Å². The zero-order valence-corrected chi connectivity index (χ0v) is 7.26. The van der Waals surface area contributed by atoms with Gasteiger partial charge >= 0.3 is 6.03 Å². The van der Waals surface area contributed by atoms with Gasteiger partial charge in [-0.25, -0.2) is 9.18 Å². The van der Waals surface area contributed by atoms with Crippen molar-refractivity contribution >= 4 is 17.8 Å². The third-order valence-corrected chi connectivity index (χ3v) is 2.02. The molecule has 1 saturated heterocycles. The lowest BCUT2D eigenvalue weighted by molar-refractivity contribution is -0.153. The molecule has 1 unspecified atom stereocenters. The van der Waals surface area contributed by atoms with Gasteiger partial charge in [0.1, 0.15) is 0 Å². The quantitative estimate of drug-likeness (QED) is 0.580. The predicted molar refractivity (Wildman–Crippen MR) is 40.4 cm³/mol. The maximum atomic E-state index is 13.6. The number of halogens is 1. The maximum Gasteiger partial charge on any atom is 0.330 e. The Morgan fingerprint density at radius 2 is 2.00 bits per heavy atom. The first kappa shape index (κ1) is 9.63. The zero-order chi connectivity index (χ0) is 10.2. The van der Waals surface area contributed by atoms with Crippen molar-refractivity contribution in [1.29, 1.82) is 0 Å². The van der Waals surface area contributed by atoms with Crippen LogP contribution in [0.25, 0.3) is 0 Å². The fourth-order valence-corrected chi connectivity index (χ4v) is 1.05. The molecule has 0 spiro atoms. The first-order chi connectivity index (χ1) is 5.93. The summed E-state index contributed by atoms with van der Waals surface area (Å²) in [5.74, 6) is -2.29. The molecule has 0 saturated carbocycles. The largest absolute Gasteiger partial charge is 0.330 e. The van der Waals surface area contributed by atoms with Crippen molar-refractivity contribution in [3.63, 3.8) is 0 Å². The van der Waals surface area contributed by atoms with Crippen LogP contribution in [0.4, 0.5) is 9.18 Å². The minimum atomic E-state index is -2.59. The predicted octanol–water partition coefficient (Wildman–Crippen LogP) is -0.187. The number of imide groups is 2. The topological polar surface area (TPSA) is 66.5 Å². The second-order valence-corrected chi connectivity index (χ2v) is 2.78. The Morgan fingerprint density at radius 1 is 1.46 bits per heavy atom. The van der Waals surface area contributed by atoms with E-state index >= 15 is 0 Å². The lowest BCUT2D eigenvalue weighted by Crippen LogP contribution is -2.64. The van der Waals surface area contributed by atoms with Crippen molar-refractivity contribution < 1.29 is 18.8 Å². The van der Waals surface area contributed by atoms with E-state index in [1.54, 1.807) is 5.32 Å². The molecule has 1 N–H and O–H groups in total. The molecule has 6 heteroatoms. The van der Waals surface area contributed by atoms with Gasteiger partial charge in [-0.15, -0.1) is 0 Å². The number of amides is 4. The summed E-state index contributed by atoms with van der Waals surface area (Å²) in [5, 5.41) is 1.75. The van der Waals surface area contributed by atoms with Gasteiger partial charge in [0.05, 0.1) is 0 Å². The fraction of sp³-hybridized carbons (Fsp3) is 0.571. The molecule has 13 heavy (non-hydrogen) atoms. The van der Waals surface area contributed by atoms with E-state index in [0.717, 1.165) is 7.05 Å². The molecule has 0 aromatic rings. The number of carbonyl (C=O) groups excluding carboxylic acids is 3. The van der Waals surface area contributed by atoms with Gasteiger partial charge in [0.2, 0.25) is 0 Å². The number of hydrogen-bond donors (Lipinski definition) is 1. The molecule has 5 nitrogen and oxygen atoms in total. The number of nitrogens with one attached hydrogen (secondary N) is 1. The summed E-state index contributed by atoms with van der Waals surface area (Å²) in [6.07, 6.45) is -0.282. The highest BCUT2D eigenvalue weighted by Gasteiger charge is 2.52. The van der Waals surface area contributed by atoms with Crippen LogP contribution in [0.3, 0.4) is 0 Å². The van der Waals surface area contributed by atoms with Crippen molar-refractivity contribution in [3.8, 4) is 0 Å². The molecule has 1 heterocycles. The molecule has 0 aromatic heterocycles. The van der Waals surface area contributed by atoms with E-state index in [4.69, 9.17) is 0 Å². The second kappa shape index (κ2) is 2.79. The lowest BCUT2D eigenvalue weighted by Gasteiger charge is -2.30. The van der Waals surface area contributed by atoms with Crippen LogP contribution in [0.5, 0.6) is 0 Å².